The average Bonchev–Trinajstić information content (AvgIpc) is 2.98. The molecule has 1 N–H and O–H groups in total. The van der Waals surface area contributed by atoms with Crippen molar-refractivity contribution in [1.82, 2.24) is 9.38 Å². The number of fused-ring (bicyclic) bond motifs is 5. The number of para-hydroxylation sites is 2. The highest BCUT2D eigenvalue weighted by atomic mass is 16.1. The lowest BCUT2D eigenvalue weighted by Gasteiger charge is -2.05. The third-order valence-corrected chi connectivity index (χ3v) is 4.56. The van der Waals surface area contributed by atoms with Crippen molar-refractivity contribution < 1.29 is 0 Å². The van der Waals surface area contributed by atoms with Gasteiger partial charge in [-0.25, -0.2) is 4.79 Å². The molecule has 3 heteroatoms. The Hall–Kier alpha value is -3.33. The van der Waals surface area contributed by atoms with Gasteiger partial charge in [0.25, 0.3) is 0 Å². The molecule has 0 fully saturated rings. The highest BCUT2D eigenvalue weighted by Crippen LogP contribution is 2.37. The van der Waals surface area contributed by atoms with E-state index in [-0.39, 0.29) is 5.69 Å². The van der Waals surface area contributed by atoms with Gasteiger partial charge in [0.2, 0.25) is 0 Å². The summed E-state index contributed by atoms with van der Waals surface area (Å²) in [6.07, 6.45) is 0. The monoisotopic (exact) mass is 310 g/mol. The van der Waals surface area contributed by atoms with Gasteiger partial charge in [-0.1, -0.05) is 66.7 Å². The normalized spacial score (nSPS) is 11.5. The minimum absolute atomic E-state index is 0.109. The highest BCUT2D eigenvalue weighted by molar-refractivity contribution is 6.13. The van der Waals surface area contributed by atoms with E-state index in [0.717, 1.165) is 38.4 Å². The summed E-state index contributed by atoms with van der Waals surface area (Å²) in [6, 6.07) is 26.3. The van der Waals surface area contributed by atoms with Crippen LogP contribution in [0.4, 0.5) is 0 Å². The van der Waals surface area contributed by atoms with E-state index in [2.05, 4.69) is 29.2 Å². The predicted molar refractivity (Wildman–Crippen MR) is 98.5 cm³/mol. The molecule has 5 aromatic rings. The summed E-state index contributed by atoms with van der Waals surface area (Å²) in [6.45, 7) is 0. The summed E-state index contributed by atoms with van der Waals surface area (Å²) in [5, 5.41) is 2.14. The molecule has 0 atom stereocenters. The molecule has 3 nitrogen and oxygen atoms in total. The molecule has 0 amide bonds. The Morgan fingerprint density at radius 3 is 2.21 bits per heavy atom. The van der Waals surface area contributed by atoms with Crippen molar-refractivity contribution in [3.8, 4) is 11.1 Å². The van der Waals surface area contributed by atoms with Crippen LogP contribution < -0.4 is 5.69 Å². The van der Waals surface area contributed by atoms with E-state index in [9.17, 15) is 4.79 Å². The minimum atomic E-state index is -0.109. The topological polar surface area (TPSA) is 37.3 Å². The number of benzene rings is 3. The number of aromatic amines is 1. The average molecular weight is 310 g/mol. The zero-order valence-electron chi connectivity index (χ0n) is 12.9. The Bertz CT molecular complexity index is 1260. The molecule has 0 aliphatic carbocycles. The van der Waals surface area contributed by atoms with Crippen LogP contribution in [-0.2, 0) is 0 Å². The van der Waals surface area contributed by atoms with Crippen LogP contribution >= 0.6 is 0 Å². The van der Waals surface area contributed by atoms with Gasteiger partial charge >= 0.3 is 5.69 Å². The number of H-pyrrole nitrogens is 1. The lowest BCUT2D eigenvalue weighted by Crippen LogP contribution is -2.15. The molecule has 114 valence electrons. The molecule has 0 radical (unpaired) electrons. The minimum Gasteiger partial charge on any atom is -0.307 e. The molecule has 0 aliphatic heterocycles. The molecule has 2 heterocycles. The summed E-state index contributed by atoms with van der Waals surface area (Å²) >= 11 is 0. The fourth-order valence-corrected chi connectivity index (χ4v) is 3.57. The molecular weight excluding hydrogens is 296 g/mol. The van der Waals surface area contributed by atoms with Crippen molar-refractivity contribution in [3.63, 3.8) is 0 Å². The molecule has 0 saturated heterocycles. The second kappa shape index (κ2) is 4.83. The Morgan fingerprint density at radius 1 is 0.708 bits per heavy atom. The van der Waals surface area contributed by atoms with Crippen LogP contribution in [0.5, 0.6) is 0 Å². The molecule has 5 rings (SSSR count). The van der Waals surface area contributed by atoms with Gasteiger partial charge in [-0.15, -0.1) is 0 Å². The first kappa shape index (κ1) is 13.1. The van der Waals surface area contributed by atoms with Crippen molar-refractivity contribution in [3.05, 3.63) is 89.3 Å². The van der Waals surface area contributed by atoms with Gasteiger partial charge < -0.3 is 4.98 Å². The van der Waals surface area contributed by atoms with Gasteiger partial charge in [0, 0.05) is 16.3 Å². The number of hydrogen-bond donors (Lipinski definition) is 1. The molecule has 24 heavy (non-hydrogen) atoms. The number of hydrogen-bond acceptors (Lipinski definition) is 1. The van der Waals surface area contributed by atoms with Gasteiger partial charge in [-0.3, -0.25) is 4.40 Å². The first-order valence-electron chi connectivity index (χ1n) is 7.94. The molecular formula is C21H14N2O. The van der Waals surface area contributed by atoms with Crippen molar-refractivity contribution in [2.24, 2.45) is 0 Å². The van der Waals surface area contributed by atoms with Gasteiger partial charge in [0.1, 0.15) is 0 Å². The zero-order chi connectivity index (χ0) is 16.1. The first-order chi connectivity index (χ1) is 11.8. The number of nitrogens with zero attached hydrogens (tertiary/aromatic N) is 1. The van der Waals surface area contributed by atoms with Crippen LogP contribution in [0.3, 0.4) is 0 Å². The molecule has 0 unspecified atom stereocenters. The third kappa shape index (κ3) is 1.69. The third-order valence-electron chi connectivity index (χ3n) is 4.56. The van der Waals surface area contributed by atoms with Gasteiger partial charge in [0.05, 0.1) is 16.6 Å². The number of nitrogens with one attached hydrogen (secondary N) is 1. The first-order valence-corrected chi connectivity index (χ1v) is 7.94. The fourth-order valence-electron chi connectivity index (χ4n) is 3.57. The Balaban J connectivity index is 2.16. The summed E-state index contributed by atoms with van der Waals surface area (Å²) in [5.41, 5.74) is 4.86. The number of aromatic nitrogens is 2. The smallest absolute Gasteiger partial charge is 0.307 e. The second-order valence-corrected chi connectivity index (χ2v) is 5.92. The van der Waals surface area contributed by atoms with Crippen LogP contribution in [-0.4, -0.2) is 9.38 Å². The van der Waals surface area contributed by atoms with Crippen LogP contribution in [0.1, 0.15) is 0 Å². The fraction of sp³-hybridized carbons (Fsp3) is 0. The van der Waals surface area contributed by atoms with E-state index >= 15 is 0 Å². The van der Waals surface area contributed by atoms with E-state index in [4.69, 9.17) is 0 Å². The summed E-state index contributed by atoms with van der Waals surface area (Å²) in [7, 11) is 0. The SMILES string of the molecule is O=c1[nH]c2ccccc2c2c(-c3ccccc3)c3ccccc3n12. The van der Waals surface area contributed by atoms with E-state index < -0.39 is 0 Å². The molecule has 3 aromatic carbocycles. The van der Waals surface area contributed by atoms with Gasteiger partial charge in [-0.2, -0.15) is 0 Å². The van der Waals surface area contributed by atoms with Crippen LogP contribution in [0.25, 0.3) is 38.4 Å². The van der Waals surface area contributed by atoms with Crippen molar-refractivity contribution in [2.45, 2.75) is 0 Å². The van der Waals surface area contributed by atoms with Crippen LogP contribution in [0, 0.1) is 0 Å². The lowest BCUT2D eigenvalue weighted by molar-refractivity contribution is 1.07. The predicted octanol–water partition coefficient (Wildman–Crippen LogP) is 4.60. The quantitative estimate of drug-likeness (QED) is 0.482. The second-order valence-electron chi connectivity index (χ2n) is 5.92. The lowest BCUT2D eigenvalue weighted by atomic mass is 10.0. The Kier molecular flexibility index (Phi) is 2.65. The largest absolute Gasteiger partial charge is 0.331 e. The van der Waals surface area contributed by atoms with Crippen LogP contribution in [0.15, 0.2) is 83.7 Å². The Labute approximate surface area is 137 Å². The van der Waals surface area contributed by atoms with Crippen molar-refractivity contribution in [1.29, 1.82) is 0 Å². The summed E-state index contributed by atoms with van der Waals surface area (Å²) in [5.74, 6) is 0. The Morgan fingerprint density at radius 2 is 1.38 bits per heavy atom. The molecule has 0 aliphatic rings. The maximum Gasteiger partial charge on any atom is 0.331 e. The summed E-state index contributed by atoms with van der Waals surface area (Å²) < 4.78 is 1.79. The maximum atomic E-state index is 12.8. The van der Waals surface area contributed by atoms with Gasteiger partial charge in [-0.05, 0) is 17.7 Å². The highest BCUT2D eigenvalue weighted by Gasteiger charge is 2.17. The van der Waals surface area contributed by atoms with E-state index in [1.807, 2.05) is 54.6 Å². The van der Waals surface area contributed by atoms with E-state index in [1.165, 1.54) is 0 Å². The molecule has 0 bridgehead atoms. The standard InChI is InChI=1S/C21H14N2O/c24-21-22-17-12-6-4-10-15(17)20-19(14-8-2-1-3-9-14)16-11-5-7-13-18(16)23(20)21/h1-13H,(H,22,24). The molecule has 0 saturated carbocycles. The molecule has 2 aromatic heterocycles. The van der Waals surface area contributed by atoms with Crippen molar-refractivity contribution in [2.75, 3.05) is 0 Å². The van der Waals surface area contributed by atoms with E-state index in [0.29, 0.717) is 0 Å². The summed E-state index contributed by atoms with van der Waals surface area (Å²) in [4.78, 5) is 15.8. The van der Waals surface area contributed by atoms with Crippen LogP contribution in [0.2, 0.25) is 0 Å². The molecule has 0 spiro atoms. The zero-order valence-corrected chi connectivity index (χ0v) is 12.9. The van der Waals surface area contributed by atoms with Gasteiger partial charge in [0.15, 0.2) is 0 Å². The maximum absolute atomic E-state index is 12.8. The van der Waals surface area contributed by atoms with E-state index in [1.54, 1.807) is 4.40 Å². The number of rotatable bonds is 1. The van der Waals surface area contributed by atoms with Crippen molar-refractivity contribution >= 4 is 27.3 Å².